The number of benzene rings is 1. The fraction of sp³-hybridized carbons (Fsp3) is 0.571. The predicted octanol–water partition coefficient (Wildman–Crippen LogP) is 2.07. The molecule has 1 fully saturated rings. The second-order valence-electron chi connectivity index (χ2n) is 4.76. The summed E-state index contributed by atoms with van der Waals surface area (Å²) in [7, 11) is 0. The average Bonchev–Trinajstić information content (AvgIpc) is 2.74. The van der Waals surface area contributed by atoms with E-state index < -0.39 is 0 Å². The Morgan fingerprint density at radius 3 is 2.69 bits per heavy atom. The monoisotopic (exact) mass is 219 g/mol. The summed E-state index contributed by atoms with van der Waals surface area (Å²) in [6.45, 7) is 3.67. The SMILES string of the molecule is CC1CCCN1[C@@H](CO)Cc1ccccc1. The van der Waals surface area contributed by atoms with E-state index in [4.69, 9.17) is 0 Å². The van der Waals surface area contributed by atoms with Gasteiger partial charge >= 0.3 is 0 Å². The van der Waals surface area contributed by atoms with Crippen LogP contribution in [0.4, 0.5) is 0 Å². The topological polar surface area (TPSA) is 23.5 Å². The molecule has 0 saturated carbocycles. The number of aliphatic hydroxyl groups is 1. The fourth-order valence-corrected chi connectivity index (χ4v) is 2.67. The van der Waals surface area contributed by atoms with Gasteiger partial charge in [-0.05, 0) is 38.3 Å². The van der Waals surface area contributed by atoms with E-state index in [1.54, 1.807) is 0 Å². The highest BCUT2D eigenvalue weighted by molar-refractivity contribution is 5.16. The smallest absolute Gasteiger partial charge is 0.0590 e. The van der Waals surface area contributed by atoms with Crippen molar-refractivity contribution < 1.29 is 5.11 Å². The van der Waals surface area contributed by atoms with Crippen LogP contribution in [0.1, 0.15) is 25.3 Å². The lowest BCUT2D eigenvalue weighted by Gasteiger charge is -2.30. The highest BCUT2D eigenvalue weighted by Gasteiger charge is 2.27. The Bertz CT molecular complexity index is 312. The summed E-state index contributed by atoms with van der Waals surface area (Å²) in [6, 6.07) is 11.4. The molecule has 2 atom stereocenters. The van der Waals surface area contributed by atoms with E-state index in [0.717, 1.165) is 13.0 Å². The molecule has 1 N–H and O–H groups in total. The average molecular weight is 219 g/mol. The van der Waals surface area contributed by atoms with Crippen LogP contribution >= 0.6 is 0 Å². The van der Waals surface area contributed by atoms with Gasteiger partial charge in [-0.25, -0.2) is 0 Å². The van der Waals surface area contributed by atoms with Gasteiger partial charge in [-0.1, -0.05) is 30.3 Å². The second kappa shape index (κ2) is 5.46. The molecule has 16 heavy (non-hydrogen) atoms. The van der Waals surface area contributed by atoms with Crippen molar-refractivity contribution in [3.8, 4) is 0 Å². The summed E-state index contributed by atoms with van der Waals surface area (Å²) in [5.74, 6) is 0. The summed E-state index contributed by atoms with van der Waals surface area (Å²) in [6.07, 6.45) is 3.50. The molecule has 0 bridgehead atoms. The van der Waals surface area contributed by atoms with Gasteiger partial charge in [-0.3, -0.25) is 4.90 Å². The highest BCUT2D eigenvalue weighted by Crippen LogP contribution is 2.21. The number of likely N-dealkylation sites (tertiary alicyclic amines) is 1. The second-order valence-corrected chi connectivity index (χ2v) is 4.76. The normalized spacial score (nSPS) is 23.5. The first kappa shape index (κ1) is 11.6. The molecule has 88 valence electrons. The minimum Gasteiger partial charge on any atom is -0.395 e. The molecular weight excluding hydrogens is 198 g/mol. The van der Waals surface area contributed by atoms with Crippen molar-refractivity contribution in [3.63, 3.8) is 0 Å². The number of hydrogen-bond acceptors (Lipinski definition) is 2. The van der Waals surface area contributed by atoms with Crippen molar-refractivity contribution in [2.75, 3.05) is 13.2 Å². The van der Waals surface area contributed by atoms with Crippen LogP contribution in [0.3, 0.4) is 0 Å². The predicted molar refractivity (Wildman–Crippen MR) is 66.4 cm³/mol. The first-order valence-electron chi connectivity index (χ1n) is 6.22. The van der Waals surface area contributed by atoms with E-state index in [1.807, 2.05) is 6.07 Å². The van der Waals surface area contributed by atoms with Crippen molar-refractivity contribution in [3.05, 3.63) is 35.9 Å². The first-order valence-corrected chi connectivity index (χ1v) is 6.22. The highest BCUT2D eigenvalue weighted by atomic mass is 16.3. The maximum atomic E-state index is 9.52. The summed E-state index contributed by atoms with van der Waals surface area (Å²) < 4.78 is 0. The minimum atomic E-state index is 0.263. The zero-order chi connectivity index (χ0) is 11.4. The first-order chi connectivity index (χ1) is 7.81. The number of aliphatic hydroxyl groups excluding tert-OH is 1. The Kier molecular flexibility index (Phi) is 3.97. The molecule has 2 heteroatoms. The number of nitrogens with zero attached hydrogens (tertiary/aromatic N) is 1. The van der Waals surface area contributed by atoms with E-state index in [2.05, 4.69) is 36.1 Å². The lowest BCUT2D eigenvalue weighted by Crippen LogP contribution is -2.41. The number of hydrogen-bond donors (Lipinski definition) is 1. The molecule has 0 amide bonds. The molecule has 1 aliphatic rings. The van der Waals surface area contributed by atoms with E-state index in [1.165, 1.54) is 18.4 Å². The summed E-state index contributed by atoms with van der Waals surface area (Å²) >= 11 is 0. The van der Waals surface area contributed by atoms with E-state index in [0.29, 0.717) is 12.1 Å². The lowest BCUT2D eigenvalue weighted by molar-refractivity contribution is 0.117. The third-order valence-corrected chi connectivity index (χ3v) is 3.60. The van der Waals surface area contributed by atoms with Gasteiger partial charge in [0.25, 0.3) is 0 Å². The molecule has 2 rings (SSSR count). The molecule has 0 aliphatic carbocycles. The van der Waals surface area contributed by atoms with Crippen LogP contribution in [0.15, 0.2) is 30.3 Å². The third-order valence-electron chi connectivity index (χ3n) is 3.60. The molecule has 1 heterocycles. The summed E-state index contributed by atoms with van der Waals surface area (Å²) in [4.78, 5) is 2.45. The van der Waals surface area contributed by atoms with Gasteiger partial charge in [0.1, 0.15) is 0 Å². The molecule has 1 saturated heterocycles. The number of rotatable bonds is 4. The van der Waals surface area contributed by atoms with Crippen molar-refractivity contribution in [2.45, 2.75) is 38.3 Å². The van der Waals surface area contributed by atoms with Crippen LogP contribution in [-0.4, -0.2) is 35.2 Å². The maximum absolute atomic E-state index is 9.52. The Hall–Kier alpha value is -0.860. The van der Waals surface area contributed by atoms with Crippen molar-refractivity contribution in [2.24, 2.45) is 0 Å². The molecular formula is C14H21NO. The Balaban J connectivity index is 2.00. The van der Waals surface area contributed by atoms with Crippen LogP contribution in [-0.2, 0) is 6.42 Å². The fourth-order valence-electron chi connectivity index (χ4n) is 2.67. The summed E-state index contributed by atoms with van der Waals surface area (Å²) in [5, 5.41) is 9.52. The van der Waals surface area contributed by atoms with Gasteiger partial charge in [0.2, 0.25) is 0 Å². The van der Waals surface area contributed by atoms with Crippen LogP contribution in [0.2, 0.25) is 0 Å². The van der Waals surface area contributed by atoms with E-state index in [-0.39, 0.29) is 6.61 Å². The van der Waals surface area contributed by atoms with Crippen LogP contribution in [0.25, 0.3) is 0 Å². The van der Waals surface area contributed by atoms with Crippen molar-refractivity contribution in [1.82, 2.24) is 4.90 Å². The van der Waals surface area contributed by atoms with E-state index >= 15 is 0 Å². The van der Waals surface area contributed by atoms with Crippen LogP contribution in [0, 0.1) is 0 Å². The Morgan fingerprint density at radius 2 is 2.12 bits per heavy atom. The molecule has 0 spiro atoms. The molecule has 1 unspecified atom stereocenters. The largest absolute Gasteiger partial charge is 0.395 e. The van der Waals surface area contributed by atoms with Gasteiger partial charge < -0.3 is 5.11 Å². The van der Waals surface area contributed by atoms with Gasteiger partial charge in [0, 0.05) is 12.1 Å². The van der Waals surface area contributed by atoms with Crippen molar-refractivity contribution >= 4 is 0 Å². The van der Waals surface area contributed by atoms with Gasteiger partial charge in [-0.15, -0.1) is 0 Å². The summed E-state index contributed by atoms with van der Waals surface area (Å²) in [5.41, 5.74) is 1.32. The molecule has 2 nitrogen and oxygen atoms in total. The van der Waals surface area contributed by atoms with E-state index in [9.17, 15) is 5.11 Å². The molecule has 0 radical (unpaired) electrons. The van der Waals surface area contributed by atoms with Crippen molar-refractivity contribution in [1.29, 1.82) is 0 Å². The van der Waals surface area contributed by atoms with Gasteiger partial charge in [0.05, 0.1) is 6.61 Å². The standard InChI is InChI=1S/C14H21NO/c1-12-6-5-9-15(12)14(11-16)10-13-7-3-2-4-8-13/h2-4,7-8,12,14,16H,5-6,9-11H2,1H3/t12?,14-/m1/s1. The molecule has 1 aromatic rings. The minimum absolute atomic E-state index is 0.263. The Labute approximate surface area is 97.9 Å². The zero-order valence-corrected chi connectivity index (χ0v) is 9.97. The maximum Gasteiger partial charge on any atom is 0.0590 e. The Morgan fingerprint density at radius 1 is 1.38 bits per heavy atom. The third kappa shape index (κ3) is 2.63. The van der Waals surface area contributed by atoms with Crippen LogP contribution in [0.5, 0.6) is 0 Å². The lowest BCUT2D eigenvalue weighted by atomic mass is 10.0. The molecule has 0 aromatic heterocycles. The quantitative estimate of drug-likeness (QED) is 0.838. The van der Waals surface area contributed by atoms with Gasteiger partial charge in [-0.2, -0.15) is 0 Å². The van der Waals surface area contributed by atoms with Gasteiger partial charge in [0.15, 0.2) is 0 Å². The van der Waals surface area contributed by atoms with Crippen LogP contribution < -0.4 is 0 Å². The molecule has 1 aliphatic heterocycles. The molecule has 1 aromatic carbocycles. The zero-order valence-electron chi connectivity index (χ0n) is 9.97.